The van der Waals surface area contributed by atoms with E-state index in [-0.39, 0.29) is 0 Å². The number of anilines is 1. The molecule has 6 rings (SSSR count). The predicted octanol–water partition coefficient (Wildman–Crippen LogP) is 5.02. The number of hydrogen-bond acceptors (Lipinski definition) is 2. The molecule has 2 aromatic carbocycles. The molecule has 4 aliphatic carbocycles. The Morgan fingerprint density at radius 2 is 1.28 bits per heavy atom. The maximum Gasteiger partial charge on any atom is 0.0595 e. The van der Waals surface area contributed by atoms with Crippen LogP contribution in [0.15, 0.2) is 60.7 Å². The summed E-state index contributed by atoms with van der Waals surface area (Å²) in [7, 11) is 0. The lowest BCUT2D eigenvalue weighted by molar-refractivity contribution is -0.0149. The molecule has 0 radical (unpaired) electrons. The summed E-state index contributed by atoms with van der Waals surface area (Å²) in [5.74, 6) is 3.83. The van der Waals surface area contributed by atoms with E-state index in [1.165, 1.54) is 43.4 Å². The number of nitrogens with one attached hydrogen (secondary N) is 1. The Balaban J connectivity index is 1.39. The summed E-state index contributed by atoms with van der Waals surface area (Å²) in [6.45, 7) is 0.924. The van der Waals surface area contributed by atoms with Crippen LogP contribution in [0.4, 0.5) is 5.69 Å². The topological polar surface area (TPSA) is 15.3 Å². The standard InChI is InChI=1S/C23H28N2/c1-3-7-17(8-4-1)16-25(22-9-5-2-6-10-22)24-23-20-12-18-11-19(14-20)15-21(23)13-18/h1-10,18-21,23-24H,11-16H2. The third-order valence-corrected chi connectivity index (χ3v) is 6.78. The molecule has 4 aliphatic rings. The number of nitrogens with zero attached hydrogens (tertiary/aromatic N) is 1. The van der Waals surface area contributed by atoms with Crippen LogP contribution in [0.2, 0.25) is 0 Å². The second-order valence-electron chi connectivity index (χ2n) is 8.49. The molecule has 0 spiro atoms. The third-order valence-electron chi connectivity index (χ3n) is 6.78. The molecule has 0 atom stereocenters. The zero-order valence-corrected chi connectivity index (χ0v) is 14.9. The van der Waals surface area contributed by atoms with Gasteiger partial charge in [-0.1, -0.05) is 48.5 Å². The summed E-state index contributed by atoms with van der Waals surface area (Å²) < 4.78 is 0. The minimum Gasteiger partial charge on any atom is -0.304 e. The summed E-state index contributed by atoms with van der Waals surface area (Å²) in [5.41, 5.74) is 6.64. The molecule has 4 fully saturated rings. The van der Waals surface area contributed by atoms with Crippen molar-refractivity contribution in [2.24, 2.45) is 23.7 Å². The van der Waals surface area contributed by atoms with E-state index in [4.69, 9.17) is 0 Å². The Kier molecular flexibility index (Phi) is 4.01. The van der Waals surface area contributed by atoms with Gasteiger partial charge in [-0.15, -0.1) is 0 Å². The van der Waals surface area contributed by atoms with Gasteiger partial charge in [0, 0.05) is 6.04 Å². The van der Waals surface area contributed by atoms with Gasteiger partial charge in [0.1, 0.15) is 0 Å². The Bertz CT molecular complexity index is 669. The van der Waals surface area contributed by atoms with E-state index < -0.39 is 0 Å². The maximum atomic E-state index is 4.00. The van der Waals surface area contributed by atoms with Crippen molar-refractivity contribution < 1.29 is 0 Å². The molecule has 0 amide bonds. The molecule has 25 heavy (non-hydrogen) atoms. The molecule has 2 nitrogen and oxygen atoms in total. The van der Waals surface area contributed by atoms with Crippen LogP contribution in [0.3, 0.4) is 0 Å². The SMILES string of the molecule is c1ccc(CN(NC2C3CC4CC(C3)CC2C4)c2ccccc2)cc1. The van der Waals surface area contributed by atoms with Crippen LogP contribution in [0.25, 0.3) is 0 Å². The molecule has 4 saturated carbocycles. The molecule has 1 N–H and O–H groups in total. The van der Waals surface area contributed by atoms with Crippen molar-refractivity contribution in [1.82, 2.24) is 5.43 Å². The predicted molar refractivity (Wildman–Crippen MR) is 103 cm³/mol. The number of benzene rings is 2. The zero-order valence-electron chi connectivity index (χ0n) is 14.9. The first-order valence-corrected chi connectivity index (χ1v) is 9.98. The van der Waals surface area contributed by atoms with E-state index in [1.54, 1.807) is 0 Å². The van der Waals surface area contributed by atoms with Gasteiger partial charge < -0.3 is 5.01 Å². The summed E-state index contributed by atoms with van der Waals surface area (Å²) in [6, 6.07) is 22.4. The normalized spacial score (nSPS) is 32.7. The van der Waals surface area contributed by atoms with Gasteiger partial charge in [0.15, 0.2) is 0 Å². The Morgan fingerprint density at radius 3 is 1.88 bits per heavy atom. The minimum atomic E-state index is 0.664. The largest absolute Gasteiger partial charge is 0.304 e. The van der Waals surface area contributed by atoms with Crippen LogP contribution in [-0.2, 0) is 6.54 Å². The van der Waals surface area contributed by atoms with Crippen LogP contribution in [0.1, 0.15) is 37.7 Å². The monoisotopic (exact) mass is 332 g/mol. The minimum absolute atomic E-state index is 0.664. The quantitative estimate of drug-likeness (QED) is 0.773. The van der Waals surface area contributed by atoms with Gasteiger partial charge in [0.05, 0.1) is 12.2 Å². The molecule has 0 aromatic heterocycles. The van der Waals surface area contributed by atoms with E-state index >= 15 is 0 Å². The molecular formula is C23H28N2. The second kappa shape index (κ2) is 6.49. The first kappa shape index (κ1) is 15.5. The van der Waals surface area contributed by atoms with Crippen molar-refractivity contribution in [2.45, 2.75) is 44.7 Å². The highest BCUT2D eigenvalue weighted by Gasteiger charge is 2.48. The molecule has 130 valence electrons. The fourth-order valence-corrected chi connectivity index (χ4v) is 5.90. The molecule has 0 aliphatic heterocycles. The fraction of sp³-hybridized carbons (Fsp3) is 0.478. The van der Waals surface area contributed by atoms with Crippen LogP contribution < -0.4 is 10.4 Å². The average Bonchev–Trinajstić information content (AvgIpc) is 2.65. The van der Waals surface area contributed by atoms with Gasteiger partial charge in [-0.3, -0.25) is 0 Å². The Morgan fingerprint density at radius 1 is 0.720 bits per heavy atom. The van der Waals surface area contributed by atoms with Gasteiger partial charge in [-0.2, -0.15) is 0 Å². The molecular weight excluding hydrogens is 304 g/mol. The highest BCUT2D eigenvalue weighted by molar-refractivity contribution is 5.45. The lowest BCUT2D eigenvalue weighted by Crippen LogP contribution is -2.58. The van der Waals surface area contributed by atoms with Crippen molar-refractivity contribution in [3.05, 3.63) is 66.2 Å². The molecule has 2 heteroatoms. The van der Waals surface area contributed by atoms with E-state index in [1.807, 2.05) is 0 Å². The lowest BCUT2D eigenvalue weighted by Gasteiger charge is -2.55. The third kappa shape index (κ3) is 3.08. The highest BCUT2D eigenvalue weighted by atomic mass is 15.5. The van der Waals surface area contributed by atoms with Gasteiger partial charge in [0.25, 0.3) is 0 Å². The molecule has 4 bridgehead atoms. The maximum absolute atomic E-state index is 4.00. The van der Waals surface area contributed by atoms with Crippen LogP contribution in [0, 0.1) is 23.7 Å². The van der Waals surface area contributed by atoms with Gasteiger partial charge in [-0.05, 0) is 73.5 Å². The Hall–Kier alpha value is -1.80. The number of para-hydroxylation sites is 1. The van der Waals surface area contributed by atoms with Crippen LogP contribution >= 0.6 is 0 Å². The molecule has 0 saturated heterocycles. The van der Waals surface area contributed by atoms with Crippen molar-refractivity contribution in [3.63, 3.8) is 0 Å². The van der Waals surface area contributed by atoms with E-state index in [0.29, 0.717) is 6.04 Å². The number of hydrazine groups is 1. The van der Waals surface area contributed by atoms with Gasteiger partial charge in [-0.25, -0.2) is 5.43 Å². The molecule has 0 unspecified atom stereocenters. The first-order valence-electron chi connectivity index (χ1n) is 9.98. The summed E-state index contributed by atoms with van der Waals surface area (Å²) in [5, 5.41) is 2.41. The summed E-state index contributed by atoms with van der Waals surface area (Å²) in [6.07, 6.45) is 7.35. The lowest BCUT2D eigenvalue weighted by atomic mass is 9.54. The highest BCUT2D eigenvalue weighted by Crippen LogP contribution is 2.53. The van der Waals surface area contributed by atoms with Crippen molar-refractivity contribution in [3.8, 4) is 0 Å². The van der Waals surface area contributed by atoms with E-state index in [9.17, 15) is 0 Å². The van der Waals surface area contributed by atoms with Gasteiger partial charge >= 0.3 is 0 Å². The van der Waals surface area contributed by atoms with Crippen molar-refractivity contribution >= 4 is 5.69 Å². The van der Waals surface area contributed by atoms with Gasteiger partial charge in [0.2, 0.25) is 0 Å². The van der Waals surface area contributed by atoms with Crippen molar-refractivity contribution in [1.29, 1.82) is 0 Å². The number of hydrogen-bond donors (Lipinski definition) is 1. The first-order chi connectivity index (χ1) is 12.3. The fourth-order valence-electron chi connectivity index (χ4n) is 5.90. The smallest absolute Gasteiger partial charge is 0.0595 e. The van der Waals surface area contributed by atoms with E-state index in [2.05, 4.69) is 71.1 Å². The molecule has 0 heterocycles. The summed E-state index contributed by atoms with van der Waals surface area (Å²) in [4.78, 5) is 0. The van der Waals surface area contributed by atoms with E-state index in [0.717, 1.165) is 30.2 Å². The van der Waals surface area contributed by atoms with Crippen LogP contribution in [0.5, 0.6) is 0 Å². The zero-order chi connectivity index (χ0) is 16.6. The average molecular weight is 332 g/mol. The molecule has 2 aromatic rings. The second-order valence-corrected chi connectivity index (χ2v) is 8.49. The van der Waals surface area contributed by atoms with Crippen LogP contribution in [-0.4, -0.2) is 6.04 Å². The summed E-state index contributed by atoms with van der Waals surface area (Å²) >= 11 is 0. The van der Waals surface area contributed by atoms with Crippen molar-refractivity contribution in [2.75, 3.05) is 5.01 Å². The number of rotatable bonds is 5. The Labute approximate surface area is 151 Å².